The van der Waals surface area contributed by atoms with Gasteiger partial charge in [0.25, 0.3) is 5.91 Å². The minimum absolute atomic E-state index is 0.0566. The van der Waals surface area contributed by atoms with E-state index < -0.39 is 0 Å². The average Bonchev–Trinajstić information content (AvgIpc) is 2.78. The molecule has 1 amide bonds. The molecule has 0 unspecified atom stereocenters. The molecule has 0 bridgehead atoms. The fourth-order valence-corrected chi connectivity index (χ4v) is 4.29. The van der Waals surface area contributed by atoms with Gasteiger partial charge in [0, 0.05) is 5.69 Å². The number of hydrogen-bond acceptors (Lipinski definition) is 3. The monoisotopic (exact) mass is 421 g/mol. The maximum absolute atomic E-state index is 12.4. The van der Waals surface area contributed by atoms with Crippen molar-refractivity contribution in [2.75, 3.05) is 45.2 Å². The quantitative estimate of drug-likeness (QED) is 0.476. The summed E-state index contributed by atoms with van der Waals surface area (Å²) in [5.74, 6) is 1.19. The first-order valence-electron chi connectivity index (χ1n) is 10.8. The SMILES string of the molecule is COc1ccc2ccc(O)c(C[NH+]3CC[NH+](CC(=O)Nc4ccc(C)cc4)CC3)c2c1. The number of carbonyl (C=O) groups excluding carboxylic acids is 1. The summed E-state index contributed by atoms with van der Waals surface area (Å²) >= 11 is 0. The number of carbonyl (C=O) groups is 1. The number of benzene rings is 3. The lowest BCUT2D eigenvalue weighted by molar-refractivity contribution is -1.01. The van der Waals surface area contributed by atoms with Gasteiger partial charge in [-0.1, -0.05) is 29.8 Å². The number of amides is 1. The van der Waals surface area contributed by atoms with Gasteiger partial charge in [0.05, 0.1) is 12.7 Å². The fourth-order valence-electron chi connectivity index (χ4n) is 4.29. The first-order chi connectivity index (χ1) is 15.0. The third-order valence-electron chi connectivity index (χ3n) is 6.15. The Balaban J connectivity index is 1.34. The largest absolute Gasteiger partial charge is 0.507 e. The Bertz CT molecular complexity index is 1060. The van der Waals surface area contributed by atoms with E-state index in [4.69, 9.17) is 4.74 Å². The van der Waals surface area contributed by atoms with Crippen LogP contribution in [0.3, 0.4) is 0 Å². The van der Waals surface area contributed by atoms with Crippen LogP contribution in [0.15, 0.2) is 54.6 Å². The molecule has 1 heterocycles. The lowest BCUT2D eigenvalue weighted by atomic mass is 10.0. The number of nitrogens with one attached hydrogen (secondary N) is 3. The topological polar surface area (TPSA) is 67.4 Å². The normalized spacial score (nSPS) is 18.6. The first-order valence-corrected chi connectivity index (χ1v) is 10.8. The zero-order chi connectivity index (χ0) is 21.8. The number of ether oxygens (including phenoxy) is 1. The molecule has 3 aromatic carbocycles. The number of aryl methyl sites for hydroxylation is 1. The average molecular weight is 422 g/mol. The molecule has 31 heavy (non-hydrogen) atoms. The molecular weight excluding hydrogens is 390 g/mol. The van der Waals surface area contributed by atoms with Gasteiger partial charge in [0.1, 0.15) is 44.2 Å². The van der Waals surface area contributed by atoms with E-state index in [-0.39, 0.29) is 5.91 Å². The Morgan fingerprint density at radius 1 is 1.00 bits per heavy atom. The van der Waals surface area contributed by atoms with Crippen LogP contribution in [0.4, 0.5) is 5.69 Å². The lowest BCUT2D eigenvalue weighted by Crippen LogP contribution is -3.28. The summed E-state index contributed by atoms with van der Waals surface area (Å²) in [7, 11) is 1.66. The van der Waals surface area contributed by atoms with E-state index in [2.05, 4.69) is 5.32 Å². The summed E-state index contributed by atoms with van der Waals surface area (Å²) in [6.45, 7) is 7.08. The highest BCUT2D eigenvalue weighted by Crippen LogP contribution is 2.29. The van der Waals surface area contributed by atoms with Crippen LogP contribution >= 0.6 is 0 Å². The van der Waals surface area contributed by atoms with Crippen molar-refractivity contribution >= 4 is 22.4 Å². The maximum atomic E-state index is 12.4. The number of piperazine rings is 1. The van der Waals surface area contributed by atoms with Crippen LogP contribution in [0.2, 0.25) is 0 Å². The summed E-state index contributed by atoms with van der Waals surface area (Å²) in [6, 6.07) is 17.6. The fraction of sp³-hybridized carbons (Fsp3) is 0.320. The number of phenols is 1. The van der Waals surface area contributed by atoms with Crippen LogP contribution in [0, 0.1) is 6.92 Å². The number of fused-ring (bicyclic) bond motifs is 1. The zero-order valence-electron chi connectivity index (χ0n) is 18.2. The van der Waals surface area contributed by atoms with Crippen molar-refractivity contribution in [3.63, 3.8) is 0 Å². The lowest BCUT2D eigenvalue weighted by Gasteiger charge is -2.29. The van der Waals surface area contributed by atoms with E-state index in [9.17, 15) is 9.90 Å². The van der Waals surface area contributed by atoms with Crippen LogP contribution in [0.1, 0.15) is 11.1 Å². The highest BCUT2D eigenvalue weighted by molar-refractivity contribution is 5.91. The molecule has 0 aromatic heterocycles. The highest BCUT2D eigenvalue weighted by atomic mass is 16.5. The number of methoxy groups -OCH3 is 1. The van der Waals surface area contributed by atoms with E-state index in [1.54, 1.807) is 13.2 Å². The minimum Gasteiger partial charge on any atom is -0.507 e. The van der Waals surface area contributed by atoms with Crippen molar-refractivity contribution in [1.82, 2.24) is 0 Å². The maximum Gasteiger partial charge on any atom is 0.279 e. The van der Waals surface area contributed by atoms with Gasteiger partial charge in [-0.05, 0) is 48.0 Å². The summed E-state index contributed by atoms with van der Waals surface area (Å²) in [5, 5.41) is 15.7. The smallest absolute Gasteiger partial charge is 0.279 e. The van der Waals surface area contributed by atoms with Crippen molar-refractivity contribution in [2.24, 2.45) is 0 Å². The molecule has 6 heteroatoms. The van der Waals surface area contributed by atoms with E-state index in [1.807, 2.05) is 55.5 Å². The van der Waals surface area contributed by atoms with E-state index in [0.29, 0.717) is 12.3 Å². The Morgan fingerprint density at radius 3 is 2.39 bits per heavy atom. The summed E-state index contributed by atoms with van der Waals surface area (Å²) in [4.78, 5) is 15.1. The number of quaternary nitrogens is 2. The van der Waals surface area contributed by atoms with Crippen molar-refractivity contribution in [2.45, 2.75) is 13.5 Å². The second-order valence-electron chi connectivity index (χ2n) is 8.42. The van der Waals surface area contributed by atoms with Gasteiger partial charge in [-0.2, -0.15) is 0 Å². The number of hydrogen-bond donors (Lipinski definition) is 4. The van der Waals surface area contributed by atoms with E-state index >= 15 is 0 Å². The molecule has 6 nitrogen and oxygen atoms in total. The molecule has 0 spiro atoms. The summed E-state index contributed by atoms with van der Waals surface area (Å²) < 4.78 is 5.38. The Hall–Kier alpha value is -3.09. The number of anilines is 1. The van der Waals surface area contributed by atoms with Gasteiger partial charge in [-0.25, -0.2) is 0 Å². The molecule has 0 aliphatic carbocycles. The zero-order valence-corrected chi connectivity index (χ0v) is 18.2. The third kappa shape index (κ3) is 5.16. The second kappa shape index (κ2) is 9.37. The standard InChI is InChI=1S/C25H29N3O3/c1-18-3-7-20(8-4-18)26-25(30)17-28-13-11-27(12-14-28)16-23-22-15-21(31-2)9-5-19(22)6-10-24(23)29/h3-10,15,29H,11-14,16-17H2,1-2H3,(H,26,30)/p+2. The summed E-state index contributed by atoms with van der Waals surface area (Å²) in [6.07, 6.45) is 0. The molecule has 1 aliphatic heterocycles. The Morgan fingerprint density at radius 2 is 1.68 bits per heavy atom. The van der Waals surface area contributed by atoms with Crippen LogP contribution in [-0.2, 0) is 11.3 Å². The van der Waals surface area contributed by atoms with Crippen molar-refractivity contribution in [1.29, 1.82) is 0 Å². The predicted molar refractivity (Wildman–Crippen MR) is 122 cm³/mol. The molecule has 1 fully saturated rings. The van der Waals surface area contributed by atoms with Crippen molar-refractivity contribution in [3.8, 4) is 11.5 Å². The third-order valence-corrected chi connectivity index (χ3v) is 6.15. The highest BCUT2D eigenvalue weighted by Gasteiger charge is 2.26. The van der Waals surface area contributed by atoms with Gasteiger partial charge >= 0.3 is 0 Å². The molecule has 0 atom stereocenters. The number of rotatable bonds is 6. The molecular formula is C25H31N3O3+2. The van der Waals surface area contributed by atoms with Crippen LogP contribution in [0.25, 0.3) is 10.8 Å². The van der Waals surface area contributed by atoms with Crippen LogP contribution < -0.4 is 19.9 Å². The molecule has 4 N–H and O–H groups in total. The number of aromatic hydroxyl groups is 1. The molecule has 3 aromatic rings. The molecule has 1 aliphatic rings. The second-order valence-corrected chi connectivity index (χ2v) is 8.42. The van der Waals surface area contributed by atoms with E-state index in [0.717, 1.165) is 60.5 Å². The molecule has 162 valence electrons. The molecule has 0 radical (unpaired) electrons. The van der Waals surface area contributed by atoms with Crippen LogP contribution in [-0.4, -0.2) is 50.8 Å². The van der Waals surface area contributed by atoms with E-state index in [1.165, 1.54) is 15.4 Å². The van der Waals surface area contributed by atoms with Gasteiger partial charge in [0.2, 0.25) is 0 Å². The first kappa shape index (κ1) is 21.2. The van der Waals surface area contributed by atoms with Crippen LogP contribution in [0.5, 0.6) is 11.5 Å². The van der Waals surface area contributed by atoms with Gasteiger partial charge in [-0.3, -0.25) is 4.79 Å². The van der Waals surface area contributed by atoms with Gasteiger partial charge in [0.15, 0.2) is 6.54 Å². The Labute approximate surface area is 183 Å². The van der Waals surface area contributed by atoms with Gasteiger partial charge < -0.3 is 25.0 Å². The number of phenolic OH excluding ortho intramolecular Hbond substituents is 1. The van der Waals surface area contributed by atoms with Gasteiger partial charge in [-0.15, -0.1) is 0 Å². The Kier molecular flexibility index (Phi) is 6.39. The predicted octanol–water partition coefficient (Wildman–Crippen LogP) is 0.785. The molecule has 4 rings (SSSR count). The van der Waals surface area contributed by atoms with Crippen molar-refractivity contribution in [3.05, 3.63) is 65.7 Å². The molecule has 1 saturated heterocycles. The summed E-state index contributed by atoms with van der Waals surface area (Å²) in [5.41, 5.74) is 2.99. The minimum atomic E-state index is 0.0566. The molecule has 0 saturated carbocycles. The van der Waals surface area contributed by atoms with Crippen molar-refractivity contribution < 1.29 is 24.4 Å².